The van der Waals surface area contributed by atoms with Crippen LogP contribution < -0.4 is 5.32 Å². The summed E-state index contributed by atoms with van der Waals surface area (Å²) >= 11 is 3.22. The Kier molecular flexibility index (Phi) is 1.70. The van der Waals surface area contributed by atoms with Crippen molar-refractivity contribution < 1.29 is 0 Å². The number of nitrogens with one attached hydrogen (secondary N) is 1. The molecule has 0 amide bonds. The van der Waals surface area contributed by atoms with Crippen LogP contribution in [0.2, 0.25) is 0 Å². The summed E-state index contributed by atoms with van der Waals surface area (Å²) in [6.07, 6.45) is 0. The molecule has 0 atom stereocenters. The van der Waals surface area contributed by atoms with E-state index >= 15 is 0 Å². The fraction of sp³-hybridized carbons (Fsp3) is 0.500. The van der Waals surface area contributed by atoms with Gasteiger partial charge in [0.1, 0.15) is 0 Å². The largest absolute Gasteiger partial charge is 0.371 e. The third-order valence-corrected chi connectivity index (χ3v) is 1.56. The third-order valence-electron chi connectivity index (χ3n) is 1.02. The summed E-state index contributed by atoms with van der Waals surface area (Å²) in [7, 11) is 3.65. The molecule has 50 valence electrons. The molecule has 1 aromatic rings. The lowest BCUT2D eigenvalue weighted by Crippen LogP contribution is -1.98. The number of halogens is 1. The molecular weight excluding hydrogens is 184 g/mol. The number of hydrogen-bond acceptors (Lipinski definition) is 3. The molecule has 0 aliphatic heterocycles. The number of rotatable bonds is 1. The van der Waals surface area contributed by atoms with Crippen LogP contribution in [-0.4, -0.2) is 22.0 Å². The summed E-state index contributed by atoms with van der Waals surface area (Å²) in [6, 6.07) is 0. The van der Waals surface area contributed by atoms with Crippen molar-refractivity contribution in [3.05, 3.63) is 4.60 Å². The van der Waals surface area contributed by atoms with E-state index in [0.29, 0.717) is 0 Å². The molecule has 0 radical (unpaired) electrons. The van der Waals surface area contributed by atoms with Gasteiger partial charge in [0.15, 0.2) is 10.4 Å². The van der Waals surface area contributed by atoms with Crippen molar-refractivity contribution in [2.75, 3.05) is 12.4 Å². The average molecular weight is 191 g/mol. The lowest BCUT2D eigenvalue weighted by atomic mass is 10.7. The summed E-state index contributed by atoms with van der Waals surface area (Å²) in [5.41, 5.74) is 0. The number of anilines is 1. The first kappa shape index (κ1) is 6.54. The van der Waals surface area contributed by atoms with Crippen molar-refractivity contribution in [2.45, 2.75) is 0 Å². The maximum absolute atomic E-state index is 3.75. The van der Waals surface area contributed by atoms with E-state index in [-0.39, 0.29) is 0 Å². The highest BCUT2D eigenvalue weighted by atomic mass is 79.9. The molecule has 0 saturated carbocycles. The molecule has 0 spiro atoms. The van der Waals surface area contributed by atoms with Crippen molar-refractivity contribution in [1.82, 2.24) is 15.0 Å². The summed E-state index contributed by atoms with van der Waals surface area (Å²) in [5, 5.41) is 10.4. The van der Waals surface area contributed by atoms with E-state index in [4.69, 9.17) is 0 Å². The highest BCUT2D eigenvalue weighted by Gasteiger charge is 2.02. The van der Waals surface area contributed by atoms with Crippen LogP contribution in [0.1, 0.15) is 0 Å². The Morgan fingerprint density at radius 3 is 2.56 bits per heavy atom. The molecule has 1 rings (SSSR count). The Morgan fingerprint density at radius 1 is 1.67 bits per heavy atom. The normalized spacial score (nSPS) is 9.67. The summed E-state index contributed by atoms with van der Waals surface area (Å²) in [5.74, 6) is 0.884. The van der Waals surface area contributed by atoms with E-state index in [2.05, 4.69) is 31.6 Å². The Hall–Kier alpha value is -0.580. The van der Waals surface area contributed by atoms with Gasteiger partial charge >= 0.3 is 0 Å². The van der Waals surface area contributed by atoms with Gasteiger partial charge in [-0.05, 0) is 15.9 Å². The number of nitrogens with zero attached hydrogens (tertiary/aromatic N) is 3. The van der Waals surface area contributed by atoms with Gasteiger partial charge < -0.3 is 5.32 Å². The lowest BCUT2D eigenvalue weighted by Gasteiger charge is -1.96. The quantitative estimate of drug-likeness (QED) is 0.707. The van der Waals surface area contributed by atoms with Crippen LogP contribution in [0.5, 0.6) is 0 Å². The summed E-state index contributed by atoms with van der Waals surface area (Å²) in [6.45, 7) is 0. The van der Waals surface area contributed by atoms with Crippen LogP contribution in [0.4, 0.5) is 5.82 Å². The molecular formula is C4H7BrN4. The van der Waals surface area contributed by atoms with Gasteiger partial charge in [0, 0.05) is 14.1 Å². The Morgan fingerprint density at radius 2 is 2.33 bits per heavy atom. The summed E-state index contributed by atoms with van der Waals surface area (Å²) < 4.78 is 2.40. The van der Waals surface area contributed by atoms with E-state index < -0.39 is 0 Å². The predicted molar refractivity (Wildman–Crippen MR) is 38.2 cm³/mol. The van der Waals surface area contributed by atoms with E-state index in [0.717, 1.165) is 10.4 Å². The number of aryl methyl sites for hydroxylation is 1. The maximum Gasteiger partial charge on any atom is 0.172 e. The Bertz CT molecular complexity index is 187. The van der Waals surface area contributed by atoms with Crippen LogP contribution in [-0.2, 0) is 7.05 Å². The highest BCUT2D eigenvalue weighted by molar-refractivity contribution is 9.10. The average Bonchev–Trinajstić information content (AvgIpc) is 2.12. The van der Waals surface area contributed by atoms with Crippen molar-refractivity contribution in [3.63, 3.8) is 0 Å². The van der Waals surface area contributed by atoms with Gasteiger partial charge in [-0.15, -0.1) is 5.10 Å². The van der Waals surface area contributed by atoms with E-state index in [9.17, 15) is 0 Å². The van der Waals surface area contributed by atoms with Crippen molar-refractivity contribution in [3.8, 4) is 0 Å². The minimum Gasteiger partial charge on any atom is -0.371 e. The monoisotopic (exact) mass is 190 g/mol. The second-order valence-electron chi connectivity index (χ2n) is 1.60. The van der Waals surface area contributed by atoms with Crippen molar-refractivity contribution in [1.29, 1.82) is 0 Å². The lowest BCUT2D eigenvalue weighted by molar-refractivity contribution is 0.719. The van der Waals surface area contributed by atoms with Crippen LogP contribution >= 0.6 is 15.9 Å². The molecule has 0 bridgehead atoms. The zero-order valence-corrected chi connectivity index (χ0v) is 6.81. The van der Waals surface area contributed by atoms with E-state index in [1.165, 1.54) is 0 Å². The van der Waals surface area contributed by atoms with Gasteiger partial charge in [-0.25, -0.2) is 4.68 Å². The molecule has 0 unspecified atom stereocenters. The molecule has 4 nitrogen and oxygen atoms in total. The predicted octanol–water partition coefficient (Wildman–Crippen LogP) is 0.619. The summed E-state index contributed by atoms with van der Waals surface area (Å²) in [4.78, 5) is 0. The molecule has 1 heterocycles. The minimum atomic E-state index is 0.743. The van der Waals surface area contributed by atoms with Crippen molar-refractivity contribution >= 4 is 21.7 Å². The smallest absolute Gasteiger partial charge is 0.172 e. The van der Waals surface area contributed by atoms with E-state index in [1.54, 1.807) is 4.68 Å². The van der Waals surface area contributed by atoms with Gasteiger partial charge in [-0.2, -0.15) is 0 Å². The molecule has 0 fully saturated rings. The fourth-order valence-corrected chi connectivity index (χ4v) is 1.12. The third kappa shape index (κ3) is 1.05. The molecule has 0 saturated heterocycles. The van der Waals surface area contributed by atoms with Crippen LogP contribution in [0, 0.1) is 0 Å². The minimum absolute atomic E-state index is 0.743. The zero-order valence-electron chi connectivity index (χ0n) is 5.22. The second kappa shape index (κ2) is 2.34. The molecule has 1 aromatic heterocycles. The molecule has 0 aromatic carbocycles. The van der Waals surface area contributed by atoms with Crippen LogP contribution in [0.15, 0.2) is 4.60 Å². The van der Waals surface area contributed by atoms with Crippen molar-refractivity contribution in [2.24, 2.45) is 7.05 Å². The van der Waals surface area contributed by atoms with Crippen LogP contribution in [0.3, 0.4) is 0 Å². The number of hydrogen-bond donors (Lipinski definition) is 1. The van der Waals surface area contributed by atoms with Gasteiger partial charge in [0.2, 0.25) is 0 Å². The standard InChI is InChI=1S/C4H7BrN4/c1-6-4-3(5)7-8-9(4)2/h6H,1-2H3. The van der Waals surface area contributed by atoms with Gasteiger partial charge in [0.25, 0.3) is 0 Å². The Balaban J connectivity index is 3.07. The van der Waals surface area contributed by atoms with Gasteiger partial charge in [-0.1, -0.05) is 5.21 Å². The number of aromatic nitrogens is 3. The molecule has 9 heavy (non-hydrogen) atoms. The van der Waals surface area contributed by atoms with E-state index in [1.807, 2.05) is 14.1 Å². The topological polar surface area (TPSA) is 42.7 Å². The SMILES string of the molecule is CNc1c(Br)nnn1C. The van der Waals surface area contributed by atoms with Gasteiger partial charge in [0.05, 0.1) is 0 Å². The zero-order chi connectivity index (χ0) is 6.85. The first-order valence-corrected chi connectivity index (χ1v) is 3.28. The molecule has 5 heteroatoms. The second-order valence-corrected chi connectivity index (χ2v) is 2.35. The van der Waals surface area contributed by atoms with Crippen LogP contribution in [0.25, 0.3) is 0 Å². The first-order chi connectivity index (χ1) is 4.25. The Labute approximate surface area is 61.4 Å². The highest BCUT2D eigenvalue weighted by Crippen LogP contribution is 2.15. The molecule has 1 N–H and O–H groups in total. The molecule has 0 aliphatic rings. The van der Waals surface area contributed by atoms with Gasteiger partial charge in [-0.3, -0.25) is 0 Å². The molecule has 0 aliphatic carbocycles. The first-order valence-electron chi connectivity index (χ1n) is 2.48. The maximum atomic E-state index is 3.75. The fourth-order valence-electron chi connectivity index (χ4n) is 0.597.